The smallest absolute Gasteiger partial charge is 0.311 e. The van der Waals surface area contributed by atoms with Gasteiger partial charge in [0.1, 0.15) is 0 Å². The number of halogens is 1. The van der Waals surface area contributed by atoms with Gasteiger partial charge in [-0.05, 0) is 55.8 Å². The highest BCUT2D eigenvalue weighted by atomic mass is 19.1. The Balaban J connectivity index is 1.90. The van der Waals surface area contributed by atoms with E-state index in [1.54, 1.807) is 30.3 Å². The average Bonchev–Trinajstić information content (AvgIpc) is 2.62. The minimum absolute atomic E-state index is 0.0786. The number of carbonyl (C=O) groups excluding carboxylic acids is 3. The summed E-state index contributed by atoms with van der Waals surface area (Å²) >= 11 is 0. The molecule has 2 rings (SSSR count). The van der Waals surface area contributed by atoms with Crippen molar-refractivity contribution in [1.29, 1.82) is 0 Å². The van der Waals surface area contributed by atoms with Gasteiger partial charge >= 0.3 is 5.97 Å². The van der Waals surface area contributed by atoms with Crippen LogP contribution in [0.1, 0.15) is 29.8 Å². The van der Waals surface area contributed by atoms with Gasteiger partial charge in [0.2, 0.25) is 0 Å². The summed E-state index contributed by atoms with van der Waals surface area (Å²) in [5.74, 6) is -1.75. The van der Waals surface area contributed by atoms with Gasteiger partial charge in [-0.1, -0.05) is 6.07 Å². The molecule has 0 fully saturated rings. The third kappa shape index (κ3) is 5.64. The number of hydrogen-bond donors (Lipinski definition) is 1. The second-order valence-corrected chi connectivity index (χ2v) is 5.90. The number of anilines is 1. The summed E-state index contributed by atoms with van der Waals surface area (Å²) in [7, 11) is 1.35. The molecule has 0 spiro atoms. The zero-order chi connectivity index (χ0) is 20.0. The van der Waals surface area contributed by atoms with Crippen molar-refractivity contribution in [1.82, 2.24) is 0 Å². The van der Waals surface area contributed by atoms with Crippen LogP contribution in [-0.4, -0.2) is 30.9 Å². The Hall–Kier alpha value is -3.22. The molecule has 0 aliphatic heterocycles. The summed E-state index contributed by atoms with van der Waals surface area (Å²) in [5, 5.41) is 2.60. The molecule has 0 radical (unpaired) electrons. The first kappa shape index (κ1) is 20.1. The first-order chi connectivity index (χ1) is 12.8. The summed E-state index contributed by atoms with van der Waals surface area (Å²) in [5.41, 5.74) is 1.41. The Bertz CT molecular complexity index is 848. The molecular formula is C20H20FNO5. The van der Waals surface area contributed by atoms with Crippen molar-refractivity contribution in [3.05, 3.63) is 59.4 Å². The van der Waals surface area contributed by atoms with E-state index >= 15 is 0 Å². The Morgan fingerprint density at radius 3 is 2.33 bits per heavy atom. The van der Waals surface area contributed by atoms with E-state index in [0.717, 1.165) is 0 Å². The van der Waals surface area contributed by atoms with Crippen LogP contribution in [0, 0.1) is 5.82 Å². The molecule has 1 N–H and O–H groups in total. The van der Waals surface area contributed by atoms with Gasteiger partial charge in [0.05, 0.1) is 13.5 Å². The van der Waals surface area contributed by atoms with Gasteiger partial charge in [0.25, 0.3) is 5.91 Å². The van der Waals surface area contributed by atoms with Gasteiger partial charge in [-0.25, -0.2) is 4.39 Å². The number of carbonyl (C=O) groups is 3. The van der Waals surface area contributed by atoms with Crippen LogP contribution in [0.15, 0.2) is 42.5 Å². The Kier molecular flexibility index (Phi) is 6.65. The van der Waals surface area contributed by atoms with Crippen LogP contribution in [-0.2, 0) is 20.7 Å². The van der Waals surface area contributed by atoms with Gasteiger partial charge in [-0.3, -0.25) is 14.4 Å². The Labute approximate surface area is 156 Å². The van der Waals surface area contributed by atoms with Gasteiger partial charge < -0.3 is 14.8 Å². The minimum Gasteiger partial charge on any atom is -0.494 e. The van der Waals surface area contributed by atoms with Crippen molar-refractivity contribution < 1.29 is 28.2 Å². The van der Waals surface area contributed by atoms with Crippen molar-refractivity contribution >= 4 is 23.3 Å². The van der Waals surface area contributed by atoms with Crippen molar-refractivity contribution in [2.24, 2.45) is 0 Å². The van der Waals surface area contributed by atoms with Crippen molar-refractivity contribution in [2.45, 2.75) is 26.4 Å². The van der Waals surface area contributed by atoms with Crippen LogP contribution < -0.4 is 10.1 Å². The largest absolute Gasteiger partial charge is 0.494 e. The molecule has 7 heteroatoms. The fraction of sp³-hybridized carbons (Fsp3) is 0.250. The molecule has 6 nitrogen and oxygen atoms in total. The van der Waals surface area contributed by atoms with Crippen LogP contribution in [0.25, 0.3) is 0 Å². The quantitative estimate of drug-likeness (QED) is 0.596. The normalized spacial score (nSPS) is 11.4. The topological polar surface area (TPSA) is 81.7 Å². The number of esters is 1. The maximum Gasteiger partial charge on any atom is 0.311 e. The van der Waals surface area contributed by atoms with E-state index in [1.165, 1.54) is 33.1 Å². The molecular weight excluding hydrogens is 353 g/mol. The summed E-state index contributed by atoms with van der Waals surface area (Å²) in [6.07, 6.45) is -1.21. The summed E-state index contributed by atoms with van der Waals surface area (Å²) in [6.45, 7) is 2.88. The highest BCUT2D eigenvalue weighted by Gasteiger charge is 2.18. The molecule has 142 valence electrons. The van der Waals surface area contributed by atoms with E-state index in [4.69, 9.17) is 9.47 Å². The van der Waals surface area contributed by atoms with E-state index in [9.17, 15) is 18.8 Å². The lowest BCUT2D eigenvalue weighted by Crippen LogP contribution is -2.30. The number of Topliss-reactive ketones (excluding diaryl/α,β-unsaturated/α-hetero) is 1. The molecule has 0 bridgehead atoms. The SMILES string of the molecule is COc1ccc(CC(=O)OC(C)C(=O)Nc2ccc(C(C)=O)cc2)cc1F. The van der Waals surface area contributed by atoms with Crippen LogP contribution >= 0.6 is 0 Å². The van der Waals surface area contributed by atoms with Gasteiger partial charge in [0.15, 0.2) is 23.5 Å². The number of methoxy groups -OCH3 is 1. The zero-order valence-corrected chi connectivity index (χ0v) is 15.2. The lowest BCUT2D eigenvalue weighted by molar-refractivity contribution is -0.152. The molecule has 0 aromatic heterocycles. The highest BCUT2D eigenvalue weighted by Crippen LogP contribution is 2.18. The Morgan fingerprint density at radius 2 is 1.78 bits per heavy atom. The number of amides is 1. The lowest BCUT2D eigenvalue weighted by Gasteiger charge is -2.14. The molecule has 1 amide bonds. The third-order valence-corrected chi connectivity index (χ3v) is 3.80. The predicted molar refractivity (Wildman–Crippen MR) is 97.3 cm³/mol. The number of ketones is 1. The standard InChI is InChI=1S/C20H20FNO5/c1-12(23)15-5-7-16(8-6-15)22-20(25)13(2)27-19(24)11-14-4-9-18(26-3)17(21)10-14/h4-10,13H,11H2,1-3H3,(H,22,25). The number of nitrogens with one attached hydrogen (secondary N) is 1. The predicted octanol–water partition coefficient (Wildman–Crippen LogP) is 3.15. The molecule has 0 saturated carbocycles. The van der Waals surface area contributed by atoms with Gasteiger partial charge in [-0.2, -0.15) is 0 Å². The first-order valence-corrected chi connectivity index (χ1v) is 8.24. The van der Waals surface area contributed by atoms with E-state index in [0.29, 0.717) is 16.8 Å². The molecule has 0 aliphatic rings. The zero-order valence-electron chi connectivity index (χ0n) is 15.2. The lowest BCUT2D eigenvalue weighted by atomic mass is 10.1. The molecule has 0 saturated heterocycles. The highest BCUT2D eigenvalue weighted by molar-refractivity contribution is 5.97. The van der Waals surface area contributed by atoms with E-state index in [2.05, 4.69) is 5.32 Å². The maximum atomic E-state index is 13.6. The summed E-state index contributed by atoms with van der Waals surface area (Å²) in [6, 6.07) is 10.5. The van der Waals surface area contributed by atoms with Gasteiger partial charge in [-0.15, -0.1) is 0 Å². The summed E-state index contributed by atoms with van der Waals surface area (Å²) in [4.78, 5) is 35.3. The van der Waals surface area contributed by atoms with E-state index in [1.807, 2.05) is 0 Å². The van der Waals surface area contributed by atoms with E-state index < -0.39 is 23.8 Å². The van der Waals surface area contributed by atoms with Crippen LogP contribution in [0.4, 0.5) is 10.1 Å². The van der Waals surface area contributed by atoms with Crippen molar-refractivity contribution in [3.63, 3.8) is 0 Å². The van der Waals surface area contributed by atoms with Crippen molar-refractivity contribution in [2.75, 3.05) is 12.4 Å². The third-order valence-electron chi connectivity index (χ3n) is 3.80. The number of hydrogen-bond acceptors (Lipinski definition) is 5. The molecule has 27 heavy (non-hydrogen) atoms. The molecule has 0 heterocycles. The fourth-order valence-electron chi connectivity index (χ4n) is 2.31. The second-order valence-electron chi connectivity index (χ2n) is 5.90. The maximum absolute atomic E-state index is 13.6. The average molecular weight is 373 g/mol. The van der Waals surface area contributed by atoms with Crippen LogP contribution in [0.3, 0.4) is 0 Å². The van der Waals surface area contributed by atoms with E-state index in [-0.39, 0.29) is 18.0 Å². The monoisotopic (exact) mass is 373 g/mol. The molecule has 1 atom stereocenters. The Morgan fingerprint density at radius 1 is 1.11 bits per heavy atom. The van der Waals surface area contributed by atoms with Crippen LogP contribution in [0.2, 0.25) is 0 Å². The molecule has 2 aromatic rings. The second kappa shape index (κ2) is 8.93. The molecule has 2 aromatic carbocycles. The minimum atomic E-state index is -1.03. The fourth-order valence-corrected chi connectivity index (χ4v) is 2.31. The molecule has 0 aliphatic carbocycles. The van der Waals surface area contributed by atoms with Crippen LogP contribution in [0.5, 0.6) is 5.75 Å². The molecule has 1 unspecified atom stereocenters. The first-order valence-electron chi connectivity index (χ1n) is 8.24. The number of ether oxygens (including phenoxy) is 2. The van der Waals surface area contributed by atoms with Gasteiger partial charge in [0, 0.05) is 11.3 Å². The number of benzene rings is 2. The van der Waals surface area contributed by atoms with Crippen molar-refractivity contribution in [3.8, 4) is 5.75 Å². The summed E-state index contributed by atoms with van der Waals surface area (Å²) < 4.78 is 23.6. The number of rotatable bonds is 7.